The molecule has 2 N–H and O–H groups in total. The number of hydrogen-bond donors (Lipinski definition) is 2. The number of carbonyl (C=O) groups is 1. The summed E-state index contributed by atoms with van der Waals surface area (Å²) in [5.74, 6) is 0. The molecule has 1 heterocycles. The van der Waals surface area contributed by atoms with E-state index in [1.54, 1.807) is 24.3 Å². The van der Waals surface area contributed by atoms with Gasteiger partial charge in [0.25, 0.3) is 10.0 Å². The molecule has 1 fully saturated rings. The number of sulfonamides is 1. The predicted molar refractivity (Wildman–Crippen MR) is 159 cm³/mol. The average molecular weight is 563 g/mol. The minimum absolute atomic E-state index is 0.0688. The zero-order valence-corrected chi connectivity index (χ0v) is 24.1. The van der Waals surface area contributed by atoms with Gasteiger partial charge in [-0.05, 0) is 59.7 Å². The number of hydrogen-bond acceptors (Lipinski definition) is 5. The summed E-state index contributed by atoms with van der Waals surface area (Å²) in [4.78, 5) is 13.0. The van der Waals surface area contributed by atoms with Crippen LogP contribution in [-0.2, 0) is 15.4 Å². The number of nitrogens with one attached hydrogen (secondary N) is 2. The minimum atomic E-state index is -3.79. The predicted octanol–water partition coefficient (Wildman–Crippen LogP) is 8.09. The van der Waals surface area contributed by atoms with Crippen LogP contribution in [0.2, 0.25) is 0 Å². The van der Waals surface area contributed by atoms with Gasteiger partial charge in [-0.1, -0.05) is 93.8 Å². The standard InChI is InChI=1S/C31H34N2O4S2/c1-31(2,3)22-14-17-25(18-15-22)39(35,36)33-24-16-19-27-26(20-24)28(21-10-6-4-7-11-21)29(38-27)37-30(34)32-23-12-8-5-9-13-23/h4,6-7,10-11,14-20,23,33H,5,8-9,12-13H2,1-3H3,(H,32,34). The fraction of sp³-hybridized carbons (Fsp3) is 0.323. The third-order valence-electron chi connectivity index (χ3n) is 7.11. The van der Waals surface area contributed by atoms with E-state index in [1.807, 2.05) is 48.5 Å². The lowest BCUT2D eigenvalue weighted by atomic mass is 9.87. The molecule has 0 radical (unpaired) electrons. The van der Waals surface area contributed by atoms with E-state index in [1.165, 1.54) is 17.8 Å². The fourth-order valence-corrected chi connectivity index (χ4v) is 7.07. The van der Waals surface area contributed by atoms with Crippen LogP contribution in [0.15, 0.2) is 77.7 Å². The molecule has 1 aliphatic carbocycles. The summed E-state index contributed by atoms with van der Waals surface area (Å²) in [6.45, 7) is 6.27. The van der Waals surface area contributed by atoms with Crippen molar-refractivity contribution in [3.8, 4) is 16.2 Å². The number of benzene rings is 3. The molecule has 0 unspecified atom stereocenters. The molecule has 39 heavy (non-hydrogen) atoms. The quantitative estimate of drug-likeness (QED) is 0.249. The summed E-state index contributed by atoms with van der Waals surface area (Å²) in [5, 5.41) is 4.32. The van der Waals surface area contributed by atoms with Crippen LogP contribution in [0.25, 0.3) is 21.2 Å². The average Bonchev–Trinajstić information content (AvgIpc) is 3.26. The van der Waals surface area contributed by atoms with E-state index < -0.39 is 16.1 Å². The van der Waals surface area contributed by atoms with E-state index in [-0.39, 0.29) is 16.4 Å². The maximum atomic E-state index is 13.2. The van der Waals surface area contributed by atoms with Crippen molar-refractivity contribution in [3.05, 3.63) is 78.4 Å². The number of carbonyl (C=O) groups excluding carboxylic acids is 1. The number of anilines is 1. The van der Waals surface area contributed by atoms with Gasteiger partial charge in [0.15, 0.2) is 5.06 Å². The lowest BCUT2D eigenvalue weighted by Crippen LogP contribution is -2.37. The van der Waals surface area contributed by atoms with Crippen molar-refractivity contribution < 1.29 is 17.9 Å². The van der Waals surface area contributed by atoms with Gasteiger partial charge in [-0.15, -0.1) is 0 Å². The molecule has 0 aliphatic heterocycles. The summed E-state index contributed by atoms with van der Waals surface area (Å²) in [6, 6.07) is 22.2. The molecule has 204 valence electrons. The molecular weight excluding hydrogens is 528 g/mol. The zero-order chi connectivity index (χ0) is 27.6. The molecular formula is C31H34N2O4S2. The molecule has 3 aromatic carbocycles. The van der Waals surface area contributed by atoms with Crippen LogP contribution < -0.4 is 14.8 Å². The van der Waals surface area contributed by atoms with Crippen LogP contribution >= 0.6 is 11.3 Å². The Kier molecular flexibility index (Phi) is 7.69. The van der Waals surface area contributed by atoms with Crippen LogP contribution in [0.1, 0.15) is 58.4 Å². The molecule has 0 atom stereocenters. The zero-order valence-electron chi connectivity index (χ0n) is 22.5. The van der Waals surface area contributed by atoms with Gasteiger partial charge in [-0.25, -0.2) is 13.2 Å². The van der Waals surface area contributed by atoms with Gasteiger partial charge in [-0.2, -0.15) is 0 Å². The van der Waals surface area contributed by atoms with E-state index in [0.717, 1.165) is 52.5 Å². The Hall–Kier alpha value is -3.36. The highest BCUT2D eigenvalue weighted by Gasteiger charge is 2.23. The summed E-state index contributed by atoms with van der Waals surface area (Å²) in [6.07, 6.45) is 4.91. The smallest absolute Gasteiger partial charge is 0.398 e. The van der Waals surface area contributed by atoms with E-state index >= 15 is 0 Å². The van der Waals surface area contributed by atoms with Crippen LogP contribution in [-0.4, -0.2) is 20.6 Å². The van der Waals surface area contributed by atoms with Crippen molar-refractivity contribution in [1.29, 1.82) is 0 Å². The maximum Gasteiger partial charge on any atom is 0.413 e. The molecule has 6 nitrogen and oxygen atoms in total. The first-order valence-corrected chi connectivity index (χ1v) is 15.6. The Morgan fingerprint density at radius 1 is 0.923 bits per heavy atom. The molecule has 1 aliphatic rings. The van der Waals surface area contributed by atoms with Crippen molar-refractivity contribution in [2.24, 2.45) is 0 Å². The maximum absolute atomic E-state index is 13.2. The van der Waals surface area contributed by atoms with Crippen LogP contribution in [0.5, 0.6) is 5.06 Å². The van der Waals surface area contributed by atoms with Gasteiger partial charge < -0.3 is 10.1 Å². The molecule has 1 amide bonds. The van der Waals surface area contributed by atoms with Crippen molar-refractivity contribution in [1.82, 2.24) is 5.32 Å². The minimum Gasteiger partial charge on any atom is -0.398 e. The topological polar surface area (TPSA) is 84.5 Å². The van der Waals surface area contributed by atoms with Gasteiger partial charge in [0, 0.05) is 27.4 Å². The summed E-state index contributed by atoms with van der Waals surface area (Å²) >= 11 is 1.38. The first-order valence-electron chi connectivity index (χ1n) is 13.3. The first-order chi connectivity index (χ1) is 18.6. The number of thiophene rings is 1. The third kappa shape index (κ3) is 6.28. The largest absolute Gasteiger partial charge is 0.413 e. The Labute approximate surface area is 234 Å². The molecule has 4 aromatic rings. The summed E-state index contributed by atoms with van der Waals surface area (Å²) in [7, 11) is -3.79. The lowest BCUT2D eigenvalue weighted by molar-refractivity contribution is 0.193. The molecule has 5 rings (SSSR count). The Morgan fingerprint density at radius 3 is 2.28 bits per heavy atom. The van der Waals surface area contributed by atoms with Crippen molar-refractivity contribution in [2.45, 2.75) is 69.2 Å². The van der Waals surface area contributed by atoms with Gasteiger partial charge in [0.05, 0.1) is 4.90 Å². The second-order valence-corrected chi connectivity index (χ2v) is 13.8. The molecule has 1 saturated carbocycles. The third-order valence-corrected chi connectivity index (χ3v) is 9.56. The number of ether oxygens (including phenoxy) is 1. The lowest BCUT2D eigenvalue weighted by Gasteiger charge is -2.22. The molecule has 8 heteroatoms. The normalized spacial score (nSPS) is 14.7. The highest BCUT2D eigenvalue weighted by Crippen LogP contribution is 2.45. The van der Waals surface area contributed by atoms with E-state index in [4.69, 9.17) is 4.74 Å². The van der Waals surface area contributed by atoms with E-state index in [9.17, 15) is 13.2 Å². The van der Waals surface area contributed by atoms with Crippen LogP contribution in [0.3, 0.4) is 0 Å². The van der Waals surface area contributed by atoms with Crippen molar-refractivity contribution in [2.75, 3.05) is 4.72 Å². The van der Waals surface area contributed by atoms with Gasteiger partial charge in [0.1, 0.15) is 0 Å². The van der Waals surface area contributed by atoms with Gasteiger partial charge in [-0.3, -0.25) is 4.72 Å². The Bertz CT molecular complexity index is 1560. The highest BCUT2D eigenvalue weighted by atomic mass is 32.2. The molecule has 0 spiro atoms. The van der Waals surface area contributed by atoms with E-state index in [2.05, 4.69) is 30.8 Å². The SMILES string of the molecule is CC(C)(C)c1ccc(S(=O)(=O)Nc2ccc3sc(OC(=O)NC4CCCCC4)c(-c4ccccc4)c3c2)cc1. The van der Waals surface area contributed by atoms with Gasteiger partial charge in [0.2, 0.25) is 0 Å². The second-order valence-electron chi connectivity index (χ2n) is 11.1. The second kappa shape index (κ2) is 11.0. The number of rotatable bonds is 6. The Balaban J connectivity index is 1.45. The number of fused-ring (bicyclic) bond motifs is 1. The highest BCUT2D eigenvalue weighted by molar-refractivity contribution is 7.92. The summed E-state index contributed by atoms with van der Waals surface area (Å²) < 4.78 is 35.9. The fourth-order valence-electron chi connectivity index (χ4n) is 4.96. The first kappa shape index (κ1) is 27.2. The van der Waals surface area contributed by atoms with E-state index in [0.29, 0.717) is 10.8 Å². The van der Waals surface area contributed by atoms with Crippen LogP contribution in [0.4, 0.5) is 10.5 Å². The molecule has 0 saturated heterocycles. The molecule has 1 aromatic heterocycles. The Morgan fingerprint density at radius 2 is 1.62 bits per heavy atom. The monoisotopic (exact) mass is 562 g/mol. The number of amides is 1. The van der Waals surface area contributed by atoms with Crippen molar-refractivity contribution >= 4 is 43.2 Å². The van der Waals surface area contributed by atoms with Crippen LogP contribution in [0, 0.1) is 0 Å². The van der Waals surface area contributed by atoms with Crippen molar-refractivity contribution in [3.63, 3.8) is 0 Å². The van der Waals surface area contributed by atoms with Gasteiger partial charge >= 0.3 is 6.09 Å². The molecule has 0 bridgehead atoms. The summed E-state index contributed by atoms with van der Waals surface area (Å²) in [5.41, 5.74) is 3.09.